The third-order valence-electron chi connectivity index (χ3n) is 4.96. The first kappa shape index (κ1) is 31.4. The number of rotatable bonds is 18. The predicted octanol–water partition coefficient (Wildman–Crippen LogP) is -3.56. The SMILES string of the molecule is CNC(CCN)C(=O)NCC(=O)NC(CC(C)C)C(=O)NC(CCN)C(=O)NC(C=O)CCN. The van der Waals surface area contributed by atoms with Crippen LogP contribution in [0.25, 0.3) is 0 Å². The maximum absolute atomic E-state index is 12.9. The third kappa shape index (κ3) is 12.6. The molecule has 0 spiro atoms. The summed E-state index contributed by atoms with van der Waals surface area (Å²) in [4.78, 5) is 61.2. The summed E-state index contributed by atoms with van der Waals surface area (Å²) >= 11 is 0. The fraction of sp³-hybridized carbons (Fsp3) is 0.762. The lowest BCUT2D eigenvalue weighted by molar-refractivity contribution is -0.133. The molecule has 0 bridgehead atoms. The number of hydrogen-bond acceptors (Lipinski definition) is 9. The minimum absolute atomic E-state index is 0.0506. The van der Waals surface area contributed by atoms with E-state index in [2.05, 4.69) is 26.6 Å². The molecule has 4 atom stereocenters. The number of carbonyl (C=O) groups is 5. The zero-order valence-electron chi connectivity index (χ0n) is 20.4. The topological polar surface area (TPSA) is 224 Å². The van der Waals surface area contributed by atoms with Crippen LogP contribution in [-0.4, -0.2) is 87.3 Å². The largest absolute Gasteiger partial charge is 0.346 e. The van der Waals surface area contributed by atoms with Gasteiger partial charge >= 0.3 is 0 Å². The first-order valence-electron chi connectivity index (χ1n) is 11.5. The highest BCUT2D eigenvalue weighted by Gasteiger charge is 2.28. The second-order valence-electron chi connectivity index (χ2n) is 8.35. The minimum Gasteiger partial charge on any atom is -0.346 e. The van der Waals surface area contributed by atoms with E-state index in [0.29, 0.717) is 25.7 Å². The fourth-order valence-electron chi connectivity index (χ4n) is 3.16. The van der Waals surface area contributed by atoms with Crippen molar-refractivity contribution in [1.82, 2.24) is 26.6 Å². The van der Waals surface area contributed by atoms with Crippen molar-refractivity contribution >= 4 is 29.9 Å². The molecule has 0 saturated heterocycles. The van der Waals surface area contributed by atoms with Crippen LogP contribution in [0, 0.1) is 5.92 Å². The second-order valence-corrected chi connectivity index (χ2v) is 8.35. The number of nitrogens with one attached hydrogen (secondary N) is 5. The van der Waals surface area contributed by atoms with Gasteiger partial charge in [0.2, 0.25) is 23.6 Å². The van der Waals surface area contributed by atoms with Crippen molar-refractivity contribution in [3.05, 3.63) is 0 Å². The molecule has 196 valence electrons. The molecule has 0 aliphatic heterocycles. The van der Waals surface area contributed by atoms with Gasteiger partial charge in [-0.3, -0.25) is 19.2 Å². The van der Waals surface area contributed by atoms with E-state index in [1.54, 1.807) is 7.05 Å². The van der Waals surface area contributed by atoms with E-state index in [-0.39, 0.29) is 44.3 Å². The molecular weight excluding hydrogens is 444 g/mol. The summed E-state index contributed by atoms with van der Waals surface area (Å²) in [6, 6.07) is -3.23. The highest BCUT2D eigenvalue weighted by atomic mass is 16.2. The molecule has 0 aliphatic carbocycles. The van der Waals surface area contributed by atoms with E-state index >= 15 is 0 Å². The number of likely N-dealkylation sites (N-methyl/N-ethyl adjacent to an activating group) is 1. The number of hydrogen-bond donors (Lipinski definition) is 8. The summed E-state index contributed by atoms with van der Waals surface area (Å²) < 4.78 is 0. The van der Waals surface area contributed by atoms with Crippen LogP contribution in [0.4, 0.5) is 0 Å². The lowest BCUT2D eigenvalue weighted by Gasteiger charge is -2.25. The Bertz CT molecular complexity index is 661. The molecule has 0 rings (SSSR count). The molecule has 13 nitrogen and oxygen atoms in total. The van der Waals surface area contributed by atoms with Crippen LogP contribution in [0.1, 0.15) is 39.5 Å². The standard InChI is InChI=1S/C21H42N8O5/c1-13(2)10-17(28-18(31)11-26-19(32)15(25-3)5-8-23)21(34)29-16(6-9-24)20(33)27-14(12-30)4-7-22/h12-17,25H,4-11,22-24H2,1-3H3,(H,26,32)(H,27,33)(H,28,31)(H,29,34). The number of carbonyl (C=O) groups excluding carboxylic acids is 5. The van der Waals surface area contributed by atoms with Crippen LogP contribution in [0.2, 0.25) is 0 Å². The monoisotopic (exact) mass is 486 g/mol. The van der Waals surface area contributed by atoms with E-state index in [1.807, 2.05) is 13.8 Å². The number of nitrogens with two attached hydrogens (primary N) is 3. The zero-order valence-corrected chi connectivity index (χ0v) is 20.4. The van der Waals surface area contributed by atoms with Gasteiger partial charge in [-0.2, -0.15) is 0 Å². The lowest BCUT2D eigenvalue weighted by Crippen LogP contribution is -2.56. The molecule has 0 fully saturated rings. The molecule has 0 aliphatic rings. The summed E-state index contributed by atoms with van der Waals surface area (Å²) in [5, 5.41) is 13.1. The molecule has 13 heteroatoms. The summed E-state index contributed by atoms with van der Waals surface area (Å²) in [6.45, 7) is 4.06. The summed E-state index contributed by atoms with van der Waals surface area (Å²) in [6.07, 6.45) is 1.68. The summed E-state index contributed by atoms with van der Waals surface area (Å²) in [5.74, 6) is -2.02. The Morgan fingerprint density at radius 1 is 0.765 bits per heavy atom. The summed E-state index contributed by atoms with van der Waals surface area (Å²) in [7, 11) is 1.62. The molecule has 11 N–H and O–H groups in total. The van der Waals surface area contributed by atoms with E-state index in [9.17, 15) is 24.0 Å². The van der Waals surface area contributed by atoms with Crippen molar-refractivity contribution in [2.24, 2.45) is 23.1 Å². The first-order chi connectivity index (χ1) is 16.1. The Labute approximate surface area is 201 Å². The van der Waals surface area contributed by atoms with E-state index in [0.717, 1.165) is 0 Å². The molecular formula is C21H42N8O5. The molecule has 0 saturated carbocycles. The molecule has 4 unspecified atom stereocenters. The van der Waals surface area contributed by atoms with Crippen molar-refractivity contribution in [1.29, 1.82) is 0 Å². The molecule has 34 heavy (non-hydrogen) atoms. The van der Waals surface area contributed by atoms with Gasteiger partial charge in [0.25, 0.3) is 0 Å². The normalized spacial score (nSPS) is 14.4. The molecule has 0 aromatic heterocycles. The van der Waals surface area contributed by atoms with Gasteiger partial charge in [0.1, 0.15) is 18.4 Å². The van der Waals surface area contributed by atoms with Crippen LogP contribution in [-0.2, 0) is 24.0 Å². The van der Waals surface area contributed by atoms with E-state index < -0.39 is 41.9 Å². The molecule has 0 aromatic rings. The van der Waals surface area contributed by atoms with Crippen LogP contribution >= 0.6 is 0 Å². The van der Waals surface area contributed by atoms with Gasteiger partial charge in [-0.1, -0.05) is 13.8 Å². The van der Waals surface area contributed by atoms with Gasteiger partial charge < -0.3 is 48.6 Å². The van der Waals surface area contributed by atoms with Crippen molar-refractivity contribution < 1.29 is 24.0 Å². The first-order valence-corrected chi connectivity index (χ1v) is 11.5. The maximum atomic E-state index is 12.9. The predicted molar refractivity (Wildman–Crippen MR) is 128 cm³/mol. The van der Waals surface area contributed by atoms with Crippen molar-refractivity contribution in [2.75, 3.05) is 33.2 Å². The van der Waals surface area contributed by atoms with Crippen molar-refractivity contribution in [2.45, 2.75) is 63.7 Å². The van der Waals surface area contributed by atoms with Gasteiger partial charge in [-0.25, -0.2) is 0 Å². The maximum Gasteiger partial charge on any atom is 0.243 e. The van der Waals surface area contributed by atoms with Crippen LogP contribution < -0.4 is 43.8 Å². The van der Waals surface area contributed by atoms with E-state index in [4.69, 9.17) is 17.2 Å². The quantitative estimate of drug-likeness (QED) is 0.0896. The van der Waals surface area contributed by atoms with Gasteiger partial charge in [-0.05, 0) is 58.3 Å². The lowest BCUT2D eigenvalue weighted by atomic mass is 10.0. The smallest absolute Gasteiger partial charge is 0.243 e. The Morgan fingerprint density at radius 2 is 1.32 bits per heavy atom. The van der Waals surface area contributed by atoms with Gasteiger partial charge in [0.05, 0.1) is 18.6 Å². The van der Waals surface area contributed by atoms with Crippen LogP contribution in [0.3, 0.4) is 0 Å². The number of amides is 4. The second kappa shape index (κ2) is 17.8. The molecule has 0 heterocycles. The fourth-order valence-corrected chi connectivity index (χ4v) is 3.16. The van der Waals surface area contributed by atoms with Crippen molar-refractivity contribution in [3.8, 4) is 0 Å². The Balaban J connectivity index is 5.15. The minimum atomic E-state index is -0.989. The van der Waals surface area contributed by atoms with Crippen LogP contribution in [0.15, 0.2) is 0 Å². The average Bonchev–Trinajstić information content (AvgIpc) is 2.79. The van der Waals surface area contributed by atoms with E-state index in [1.165, 1.54) is 0 Å². The Hall–Kier alpha value is -2.61. The highest BCUT2D eigenvalue weighted by Crippen LogP contribution is 2.06. The Morgan fingerprint density at radius 3 is 1.82 bits per heavy atom. The van der Waals surface area contributed by atoms with Gasteiger partial charge in [0.15, 0.2) is 0 Å². The molecule has 0 radical (unpaired) electrons. The Kier molecular flexibility index (Phi) is 16.4. The zero-order chi connectivity index (χ0) is 26.1. The third-order valence-corrected chi connectivity index (χ3v) is 4.96. The van der Waals surface area contributed by atoms with Gasteiger partial charge in [-0.15, -0.1) is 0 Å². The summed E-state index contributed by atoms with van der Waals surface area (Å²) in [5.41, 5.74) is 16.5. The molecule has 4 amide bonds. The molecule has 0 aromatic carbocycles. The average molecular weight is 487 g/mol. The highest BCUT2D eigenvalue weighted by molar-refractivity contribution is 5.94. The van der Waals surface area contributed by atoms with Crippen molar-refractivity contribution in [3.63, 3.8) is 0 Å². The van der Waals surface area contributed by atoms with Gasteiger partial charge in [0, 0.05) is 0 Å². The van der Waals surface area contributed by atoms with Crippen LogP contribution in [0.5, 0.6) is 0 Å². The number of aldehydes is 1.